The molecule has 0 saturated heterocycles. The molecule has 0 spiro atoms. The highest BCUT2D eigenvalue weighted by atomic mass is 32.1. The normalized spacial score (nSPS) is 10.8. The van der Waals surface area contributed by atoms with Crippen LogP contribution in [0, 0.1) is 0 Å². The van der Waals surface area contributed by atoms with Crippen LogP contribution in [-0.4, -0.2) is 25.7 Å². The van der Waals surface area contributed by atoms with E-state index in [9.17, 15) is 4.79 Å². The summed E-state index contributed by atoms with van der Waals surface area (Å²) in [6.07, 6.45) is 1.54. The van der Waals surface area contributed by atoms with Crippen LogP contribution in [0.15, 0.2) is 88.9 Å². The zero-order valence-corrected chi connectivity index (χ0v) is 17.1. The predicted octanol–water partition coefficient (Wildman–Crippen LogP) is 4.58. The van der Waals surface area contributed by atoms with E-state index in [0.29, 0.717) is 17.4 Å². The van der Waals surface area contributed by atoms with Crippen molar-refractivity contribution in [2.75, 3.05) is 0 Å². The van der Waals surface area contributed by atoms with Gasteiger partial charge in [0.05, 0.1) is 22.8 Å². The molecule has 0 aliphatic heterocycles. The topological polar surface area (TPSA) is 85.8 Å². The van der Waals surface area contributed by atoms with Gasteiger partial charge in [-0.15, -0.1) is 16.4 Å². The number of hydrogen-bond donors (Lipinski definition) is 1. The fraction of sp³-hybridized carbons (Fsp3) is 0.0435. The lowest BCUT2D eigenvalue weighted by Crippen LogP contribution is -2.24. The van der Waals surface area contributed by atoms with Gasteiger partial charge < -0.3 is 9.73 Å². The van der Waals surface area contributed by atoms with Crippen LogP contribution in [0.2, 0.25) is 0 Å². The Morgan fingerprint density at radius 3 is 2.48 bits per heavy atom. The molecule has 8 heteroatoms. The molecule has 0 saturated carbocycles. The summed E-state index contributed by atoms with van der Waals surface area (Å²) in [5.41, 5.74) is 2.33. The van der Waals surface area contributed by atoms with Gasteiger partial charge in [0.1, 0.15) is 6.26 Å². The second-order valence-corrected chi connectivity index (χ2v) is 7.62. The second-order valence-electron chi connectivity index (χ2n) is 6.68. The molecule has 3 aromatic heterocycles. The summed E-state index contributed by atoms with van der Waals surface area (Å²) in [6.45, 7) is 0.212. The maximum atomic E-state index is 12.8. The smallest absolute Gasteiger partial charge is 0.291 e. The number of oxazole rings is 1. The molecule has 2 aromatic carbocycles. The lowest BCUT2D eigenvalue weighted by molar-refractivity contribution is 0.0940. The number of thiophene rings is 1. The Morgan fingerprint density at radius 1 is 0.968 bits per heavy atom. The van der Waals surface area contributed by atoms with Crippen LogP contribution in [0.1, 0.15) is 16.3 Å². The van der Waals surface area contributed by atoms with Crippen LogP contribution in [0.5, 0.6) is 0 Å². The third-order valence-corrected chi connectivity index (χ3v) is 5.42. The molecule has 1 N–H and O–H groups in total. The second kappa shape index (κ2) is 8.37. The minimum absolute atomic E-state index is 0.0963. The number of hydrogen-bond acceptors (Lipinski definition) is 6. The molecule has 0 fully saturated rings. The van der Waals surface area contributed by atoms with Crippen LogP contribution in [0.3, 0.4) is 0 Å². The molecule has 7 nitrogen and oxygen atoms in total. The summed E-state index contributed by atoms with van der Waals surface area (Å²) >= 11 is 1.54. The molecule has 1 amide bonds. The first-order valence-corrected chi connectivity index (χ1v) is 10.5. The minimum Gasteiger partial charge on any atom is -0.444 e. The van der Waals surface area contributed by atoms with Gasteiger partial charge in [-0.1, -0.05) is 42.5 Å². The van der Waals surface area contributed by atoms with E-state index in [2.05, 4.69) is 20.4 Å². The molecule has 0 bridgehead atoms. The quantitative estimate of drug-likeness (QED) is 0.429. The molecule has 0 aliphatic carbocycles. The number of para-hydroxylation sites is 1. The van der Waals surface area contributed by atoms with Crippen molar-refractivity contribution in [3.8, 4) is 27.8 Å². The fourth-order valence-electron chi connectivity index (χ4n) is 3.07. The highest BCUT2D eigenvalue weighted by Crippen LogP contribution is 2.25. The Bertz CT molecular complexity index is 1290. The molecule has 0 aliphatic rings. The van der Waals surface area contributed by atoms with Gasteiger partial charge in [0.25, 0.3) is 5.91 Å². The van der Waals surface area contributed by atoms with Crippen LogP contribution in [-0.2, 0) is 6.54 Å². The highest BCUT2D eigenvalue weighted by molar-refractivity contribution is 7.13. The zero-order chi connectivity index (χ0) is 21.0. The summed E-state index contributed by atoms with van der Waals surface area (Å²) in [6, 6.07) is 23.1. The Balaban J connectivity index is 1.36. The van der Waals surface area contributed by atoms with E-state index < -0.39 is 0 Å². The third kappa shape index (κ3) is 4.01. The van der Waals surface area contributed by atoms with Gasteiger partial charge >= 0.3 is 0 Å². The number of carbonyl (C=O) groups is 1. The van der Waals surface area contributed by atoms with E-state index in [4.69, 9.17) is 4.42 Å². The first kappa shape index (κ1) is 19.0. The van der Waals surface area contributed by atoms with Gasteiger partial charge in [-0.05, 0) is 35.7 Å². The van der Waals surface area contributed by atoms with Crippen LogP contribution in [0.25, 0.3) is 27.8 Å². The van der Waals surface area contributed by atoms with Gasteiger partial charge in [-0.25, -0.2) is 14.6 Å². The molecule has 0 radical (unpaired) electrons. The van der Waals surface area contributed by atoms with Crippen molar-refractivity contribution in [3.05, 3.63) is 96.0 Å². The van der Waals surface area contributed by atoms with E-state index in [-0.39, 0.29) is 18.3 Å². The molecular formula is C23H17N5O2S. The molecule has 0 unspecified atom stereocenters. The summed E-state index contributed by atoms with van der Waals surface area (Å²) in [5, 5.41) is 9.24. The molecule has 0 atom stereocenters. The van der Waals surface area contributed by atoms with Crippen molar-refractivity contribution in [3.63, 3.8) is 0 Å². The highest BCUT2D eigenvalue weighted by Gasteiger charge is 2.19. The average Bonchev–Trinajstić information content (AvgIpc) is 3.59. The van der Waals surface area contributed by atoms with Crippen molar-refractivity contribution in [2.45, 2.75) is 6.54 Å². The first-order valence-electron chi connectivity index (χ1n) is 9.62. The lowest BCUT2D eigenvalue weighted by atomic mass is 10.2. The average molecular weight is 427 g/mol. The van der Waals surface area contributed by atoms with E-state index in [1.807, 2.05) is 78.2 Å². The van der Waals surface area contributed by atoms with Gasteiger partial charge in [-0.3, -0.25) is 4.79 Å². The van der Waals surface area contributed by atoms with Gasteiger partial charge in [0, 0.05) is 5.56 Å². The first-order chi connectivity index (χ1) is 15.3. The maximum Gasteiger partial charge on any atom is 0.291 e. The van der Waals surface area contributed by atoms with Crippen molar-refractivity contribution < 1.29 is 9.21 Å². The SMILES string of the molecule is O=C(NCc1coc(-c2ccccc2)n1)c1nc(-c2cccs2)n(-c2ccccc2)n1. The number of amides is 1. The molecule has 5 rings (SSSR count). The van der Waals surface area contributed by atoms with Crippen molar-refractivity contribution in [2.24, 2.45) is 0 Å². The van der Waals surface area contributed by atoms with E-state index in [0.717, 1.165) is 16.1 Å². The lowest BCUT2D eigenvalue weighted by Gasteiger charge is -2.03. The standard InChI is InChI=1S/C23H17N5O2S/c29-22(24-14-17-15-30-23(25-17)16-8-3-1-4-9-16)20-26-21(19-12-7-13-31-19)28(27-20)18-10-5-2-6-11-18/h1-13,15H,14H2,(H,24,29). The summed E-state index contributed by atoms with van der Waals surface area (Å²) in [5.74, 6) is 0.853. The van der Waals surface area contributed by atoms with Crippen LogP contribution < -0.4 is 5.32 Å². The number of nitrogens with zero attached hydrogens (tertiary/aromatic N) is 4. The molecular weight excluding hydrogens is 410 g/mol. The minimum atomic E-state index is -0.378. The number of rotatable bonds is 6. The number of nitrogens with one attached hydrogen (secondary N) is 1. The number of carbonyl (C=O) groups excluding carboxylic acids is 1. The number of aromatic nitrogens is 4. The van der Waals surface area contributed by atoms with E-state index >= 15 is 0 Å². The summed E-state index contributed by atoms with van der Waals surface area (Å²) in [7, 11) is 0. The van der Waals surface area contributed by atoms with Crippen molar-refractivity contribution in [1.29, 1.82) is 0 Å². The summed E-state index contributed by atoms with van der Waals surface area (Å²) in [4.78, 5) is 22.6. The monoisotopic (exact) mass is 427 g/mol. The van der Waals surface area contributed by atoms with E-state index in [1.165, 1.54) is 6.26 Å². The Hall–Kier alpha value is -4.04. The Labute approximate surface area is 182 Å². The predicted molar refractivity (Wildman–Crippen MR) is 118 cm³/mol. The summed E-state index contributed by atoms with van der Waals surface area (Å²) < 4.78 is 7.21. The van der Waals surface area contributed by atoms with Gasteiger partial charge in [-0.2, -0.15) is 0 Å². The molecule has 31 heavy (non-hydrogen) atoms. The maximum absolute atomic E-state index is 12.8. The zero-order valence-electron chi connectivity index (χ0n) is 16.3. The van der Waals surface area contributed by atoms with E-state index in [1.54, 1.807) is 16.0 Å². The number of benzene rings is 2. The van der Waals surface area contributed by atoms with Crippen LogP contribution >= 0.6 is 11.3 Å². The Kier molecular flexibility index (Phi) is 5.12. The van der Waals surface area contributed by atoms with Crippen molar-refractivity contribution in [1.82, 2.24) is 25.1 Å². The molecule has 5 aromatic rings. The van der Waals surface area contributed by atoms with Gasteiger partial charge in [0.15, 0.2) is 5.82 Å². The molecule has 152 valence electrons. The fourth-order valence-corrected chi connectivity index (χ4v) is 3.77. The largest absolute Gasteiger partial charge is 0.444 e. The molecule has 3 heterocycles. The van der Waals surface area contributed by atoms with Crippen LogP contribution in [0.4, 0.5) is 0 Å². The van der Waals surface area contributed by atoms with Crippen molar-refractivity contribution >= 4 is 17.2 Å². The third-order valence-electron chi connectivity index (χ3n) is 4.56. The Morgan fingerprint density at radius 2 is 1.74 bits per heavy atom. The van der Waals surface area contributed by atoms with Gasteiger partial charge in [0.2, 0.25) is 11.7 Å².